The van der Waals surface area contributed by atoms with Crippen molar-refractivity contribution < 1.29 is 50.6 Å². The first kappa shape index (κ1) is 76.9. The Morgan fingerprint density at radius 1 is 0.514 bits per heavy atom. The Bertz CT molecular complexity index is 5130. The van der Waals surface area contributed by atoms with Crippen molar-refractivity contribution in [3.63, 3.8) is 0 Å². The van der Waals surface area contributed by atoms with Gasteiger partial charge in [-0.05, 0) is 239 Å². The Morgan fingerprint density at radius 3 is 1.33 bits per heavy atom. The van der Waals surface area contributed by atoms with Crippen LogP contribution in [0.5, 0.6) is 11.5 Å². The molecule has 6 fully saturated rings. The van der Waals surface area contributed by atoms with Crippen LogP contribution in [0.1, 0.15) is 245 Å². The highest BCUT2D eigenvalue weighted by atomic mass is 32.2. The topological polar surface area (TPSA) is 267 Å². The van der Waals surface area contributed by atoms with E-state index in [1.807, 2.05) is 73.3 Å². The summed E-state index contributed by atoms with van der Waals surface area (Å²) in [6.07, 6.45) is 23.5. The van der Waals surface area contributed by atoms with Gasteiger partial charge in [0, 0.05) is 106 Å². The van der Waals surface area contributed by atoms with Crippen molar-refractivity contribution in [1.82, 2.24) is 57.7 Å². The van der Waals surface area contributed by atoms with E-state index in [1.165, 1.54) is 63.7 Å². The van der Waals surface area contributed by atoms with Gasteiger partial charge in [0.2, 0.25) is 20.0 Å². The number of fused-ring (bicyclic) bond motifs is 14. The summed E-state index contributed by atoms with van der Waals surface area (Å²) in [5.74, 6) is -0.446. The lowest BCUT2D eigenvalue weighted by atomic mass is 9.81. The molecule has 4 N–H and O–H groups in total. The van der Waals surface area contributed by atoms with E-state index >= 15 is 0 Å². The molecule has 4 aromatic carbocycles. The Morgan fingerprint density at radius 2 is 0.927 bits per heavy atom. The number of nitrogens with zero attached hydrogens (tertiary/aromatic N) is 9. The van der Waals surface area contributed by atoms with Gasteiger partial charge in [0.05, 0.1) is 73.2 Å². The van der Waals surface area contributed by atoms with Crippen LogP contribution >= 0.6 is 0 Å². The molecule has 2 saturated carbocycles. The van der Waals surface area contributed by atoms with Crippen LogP contribution in [-0.2, 0) is 33.1 Å². The quantitative estimate of drug-likeness (QED) is 0.0700. The van der Waals surface area contributed by atoms with Crippen LogP contribution in [-0.4, -0.2) is 178 Å². The number of imidazole rings is 2. The Labute approximate surface area is 640 Å². The number of ether oxygens (including phenoxy) is 2. The largest absolute Gasteiger partial charge is 0.497 e. The number of likely N-dealkylation sites (tertiary alicyclic amines) is 2. The second-order valence-electron chi connectivity index (χ2n) is 32.5. The summed E-state index contributed by atoms with van der Waals surface area (Å²) in [7, 11) is -0.0314. The predicted octanol–water partition coefficient (Wildman–Crippen LogP) is 14.0. The fourth-order valence-corrected chi connectivity index (χ4v) is 19.5. The van der Waals surface area contributed by atoms with Crippen LogP contribution < -0.4 is 24.2 Å². The first-order valence-corrected chi connectivity index (χ1v) is 42.3. The molecule has 23 nitrogen and oxygen atoms in total. The van der Waals surface area contributed by atoms with Crippen LogP contribution in [0.15, 0.2) is 85.5 Å². The number of sulfonamides is 2. The minimum absolute atomic E-state index is 0.0215. The van der Waals surface area contributed by atoms with E-state index in [4.69, 9.17) is 14.5 Å². The normalized spacial score (nSPS) is 20.3. The first-order valence-electron chi connectivity index (χ1n) is 39.2. The second-order valence-corrected chi connectivity index (χ2v) is 37.0. The molecule has 0 spiro atoms. The number of carbonyl (C=O) groups is 4. The van der Waals surface area contributed by atoms with Crippen molar-refractivity contribution in [3.8, 4) is 34.0 Å². The lowest BCUT2D eigenvalue weighted by Crippen LogP contribution is -2.54. The van der Waals surface area contributed by atoms with Crippen molar-refractivity contribution in [2.75, 3.05) is 54.5 Å². The summed E-state index contributed by atoms with van der Waals surface area (Å²) in [5, 5.41) is 14.3. The Balaban J connectivity index is 0.000000164. The minimum Gasteiger partial charge on any atom is -0.497 e. The zero-order valence-electron chi connectivity index (χ0n) is 65.0. The summed E-state index contributed by atoms with van der Waals surface area (Å²) < 4.78 is 75.1. The number of likely N-dealkylation sites (N-methyl/N-ethyl adjacent to an activating group) is 2. The average Bonchev–Trinajstić information content (AvgIpc) is 1.57. The average molecular weight is 1520 g/mol. The molecule has 4 unspecified atom stereocenters. The highest BCUT2D eigenvalue weighted by Crippen LogP contribution is 2.51. The van der Waals surface area contributed by atoms with Gasteiger partial charge in [0.15, 0.2) is 11.4 Å². The van der Waals surface area contributed by atoms with Crippen molar-refractivity contribution in [2.24, 2.45) is 0 Å². The lowest BCUT2D eigenvalue weighted by Gasteiger charge is -2.39. The number of benzene rings is 4. The third kappa shape index (κ3) is 15.1. The molecule has 4 aromatic heterocycles. The van der Waals surface area contributed by atoms with Crippen LogP contribution in [0, 0.1) is 0 Å². The fourth-order valence-electron chi connectivity index (χ4n) is 18.3. The van der Waals surface area contributed by atoms with Crippen LogP contribution in [0.25, 0.3) is 67.6 Å². The number of amides is 3. The van der Waals surface area contributed by atoms with Gasteiger partial charge in [0.1, 0.15) is 11.5 Å². The number of hydrogen-bond donors (Lipinski definition) is 4. The van der Waals surface area contributed by atoms with Gasteiger partial charge in [-0.15, -0.1) is 0 Å². The zero-order valence-corrected chi connectivity index (χ0v) is 66.7. The van der Waals surface area contributed by atoms with E-state index in [1.54, 1.807) is 52.6 Å². The molecule has 4 bridgehead atoms. The smallest absolute Gasteiger partial charge is 0.356 e. The van der Waals surface area contributed by atoms with E-state index in [9.17, 15) is 41.1 Å². The molecule has 4 atom stereocenters. The molecular formula is C84H106N12O11S2. The van der Waals surface area contributed by atoms with Gasteiger partial charge < -0.3 is 52.9 Å². The predicted molar refractivity (Wildman–Crippen MR) is 428 cm³/mol. The summed E-state index contributed by atoms with van der Waals surface area (Å²) in [6.45, 7) is 19.3. The molecule has 8 aliphatic rings. The van der Waals surface area contributed by atoms with Crippen molar-refractivity contribution >= 4 is 88.8 Å². The number of methoxy groups -OCH3 is 2. The standard InChI is InChI=1S/C42H52N6O5S.C35H40N4O6S.C7H14N2/c1-25(2)47-24-43-38(42(50)48-31-13-14-32(48)23-45(5)22-31)39(47)30-18-29-19-33(53-6)15-17-34(29)40-37(27-10-8-7-9-11-27)35-16-12-28(20-36(35)46(40)21-30)41(49)44-54(51,52)26(3)4;1-20(2)39-19-36-31(35(41)42)32(39)25-15-24-16-26(45-5)12-14-27(24)33-30(22-9-7-6-8-10-22)28-13-11-23(17-29(28)38(33)18-25)34(40)37-46(43,44)21(3)4;1-9-4-6-2-3-7(5-9)8-6/h12,15-20,24-27,31-32H,7-11,13-14,21-23H2,1-6H3,(H,44,49);11-17,19-22H,6-10,18H2,1-5H3,(H,37,40)(H,41,42);6-8H,2-5H2,1H3. The van der Waals surface area contributed by atoms with Crippen molar-refractivity contribution in [1.29, 1.82) is 0 Å². The summed E-state index contributed by atoms with van der Waals surface area (Å²) in [5.41, 5.74) is 14.1. The van der Waals surface area contributed by atoms with E-state index in [0.29, 0.717) is 42.1 Å². The molecular weight excluding hydrogens is 1420 g/mol. The molecule has 6 aliphatic heterocycles. The molecule has 0 radical (unpaired) electrons. The van der Waals surface area contributed by atoms with Crippen molar-refractivity contribution in [3.05, 3.63) is 142 Å². The summed E-state index contributed by atoms with van der Waals surface area (Å²) in [4.78, 5) is 70.1. The lowest BCUT2D eigenvalue weighted by molar-refractivity contribution is 0.0466. The van der Waals surface area contributed by atoms with Crippen molar-refractivity contribution in [2.45, 2.75) is 217 Å². The van der Waals surface area contributed by atoms with Gasteiger partial charge in [-0.1, -0.05) is 50.7 Å². The highest BCUT2D eigenvalue weighted by molar-refractivity contribution is 7.90. The van der Waals surface area contributed by atoms with Crippen LogP contribution in [0.2, 0.25) is 0 Å². The number of hydrogen-bond acceptors (Lipinski definition) is 15. The zero-order chi connectivity index (χ0) is 77.2. The molecule has 16 rings (SSSR count). The molecule has 8 aromatic rings. The number of allylic oxidation sites excluding steroid dienone is 2. The fraction of sp³-hybridized carbons (Fsp3) is 0.500. The number of aromatic nitrogens is 6. The summed E-state index contributed by atoms with van der Waals surface area (Å²) >= 11 is 0. The maximum absolute atomic E-state index is 14.7. The van der Waals surface area contributed by atoms with Gasteiger partial charge >= 0.3 is 5.97 Å². The van der Waals surface area contributed by atoms with E-state index in [-0.39, 0.29) is 46.9 Å². The van der Waals surface area contributed by atoms with E-state index in [2.05, 4.69) is 94.3 Å². The summed E-state index contributed by atoms with van der Waals surface area (Å²) in [6, 6.07) is 25.1. The number of nitrogens with one attached hydrogen (secondary N) is 3. The molecule has 3 amide bonds. The number of carboxylic acid groups (broad SMARTS) is 1. The van der Waals surface area contributed by atoms with Gasteiger partial charge in [-0.3, -0.25) is 14.4 Å². The molecule has 25 heteroatoms. The number of piperazine rings is 2. The monoisotopic (exact) mass is 1520 g/mol. The van der Waals surface area contributed by atoms with Crippen LogP contribution in [0.3, 0.4) is 0 Å². The third-order valence-corrected chi connectivity index (χ3v) is 27.2. The SMILES string of the molecule is CN1CC2CCC(C1)N2.COc1ccc2c(c1)C=C(c1c(C(=O)N3C4CCC3CN(C)C4)ncn1C(C)C)Cn1c-2c(C2CCCCC2)c2ccc(C(=O)NS(=O)(=O)C(C)C)cc21.COc1ccc2c(c1)C=C(c1c(C(=O)O)ncn1C(C)C)Cn1c-2c(C2CCCCC2)c2ccc(C(=O)NS(=O)(=O)C(C)C)cc21. The molecule has 109 heavy (non-hydrogen) atoms. The molecule has 580 valence electrons. The number of rotatable bonds is 16. The van der Waals surface area contributed by atoms with Gasteiger partial charge in [0.25, 0.3) is 17.7 Å². The Hall–Kier alpha value is -8.88. The van der Waals surface area contributed by atoms with E-state index in [0.717, 1.165) is 167 Å². The maximum Gasteiger partial charge on any atom is 0.356 e. The maximum atomic E-state index is 14.7. The van der Waals surface area contributed by atoms with Gasteiger partial charge in [-0.25, -0.2) is 41.0 Å². The number of carbonyl (C=O) groups excluding carboxylic acids is 3. The third-order valence-electron chi connectivity index (χ3n) is 23.8. The highest BCUT2D eigenvalue weighted by Gasteiger charge is 2.44. The first-order chi connectivity index (χ1) is 52.1. The van der Waals surface area contributed by atoms with E-state index < -0.39 is 48.3 Å². The Kier molecular flexibility index (Phi) is 21.9. The van der Waals surface area contributed by atoms with Gasteiger partial charge in [-0.2, -0.15) is 0 Å². The second kappa shape index (κ2) is 31.1. The number of carboxylic acids is 1. The molecule has 10 heterocycles. The number of aromatic carboxylic acids is 1. The molecule has 4 saturated heterocycles. The minimum atomic E-state index is -3.84. The molecule has 2 aliphatic carbocycles. The van der Waals surface area contributed by atoms with Crippen LogP contribution in [0.4, 0.5) is 0 Å².